The molecule has 6 nitrogen and oxygen atoms in total. The van der Waals surface area contributed by atoms with E-state index in [0.29, 0.717) is 24.9 Å². The van der Waals surface area contributed by atoms with Crippen molar-refractivity contribution >= 4 is 22.5 Å². The number of anilines is 1. The van der Waals surface area contributed by atoms with Crippen LogP contribution in [0, 0.1) is 0 Å². The van der Waals surface area contributed by atoms with Crippen LogP contribution in [0.5, 0.6) is 0 Å². The molecule has 0 aromatic carbocycles. The summed E-state index contributed by atoms with van der Waals surface area (Å²) in [6.07, 6.45) is 1.67. The standard InChI is InChI=1S/C10H16N4O2S/c1-2-14(13-4-6-16-7-5-13)10(15)12-9-11-3-8-17-9/h3,8H,2,4-7H2,1H3,(H,11,12,15). The highest BCUT2D eigenvalue weighted by atomic mass is 32.1. The van der Waals surface area contributed by atoms with Crippen molar-refractivity contribution in [3.8, 4) is 0 Å². The molecule has 1 fully saturated rings. The molecule has 94 valence electrons. The number of hydrogen-bond acceptors (Lipinski definition) is 5. The summed E-state index contributed by atoms with van der Waals surface area (Å²) in [5, 5.41) is 8.95. The van der Waals surface area contributed by atoms with Crippen LogP contribution in [-0.4, -0.2) is 53.9 Å². The van der Waals surface area contributed by atoms with Crippen molar-refractivity contribution < 1.29 is 9.53 Å². The summed E-state index contributed by atoms with van der Waals surface area (Å²) < 4.78 is 5.27. The summed E-state index contributed by atoms with van der Waals surface area (Å²) in [5.41, 5.74) is 0. The first kappa shape index (κ1) is 12.3. The Hall–Kier alpha value is -1.18. The predicted octanol–water partition coefficient (Wildman–Crippen LogP) is 1.24. The summed E-state index contributed by atoms with van der Waals surface area (Å²) in [6.45, 7) is 5.43. The van der Waals surface area contributed by atoms with E-state index in [1.165, 1.54) is 11.3 Å². The number of hydrazine groups is 1. The Labute approximate surface area is 104 Å². The third-order valence-electron chi connectivity index (χ3n) is 2.51. The Morgan fingerprint density at radius 1 is 1.65 bits per heavy atom. The maximum absolute atomic E-state index is 12.0. The summed E-state index contributed by atoms with van der Waals surface area (Å²) in [6, 6.07) is -0.135. The fraction of sp³-hybridized carbons (Fsp3) is 0.600. The Balaban J connectivity index is 1.94. The molecule has 1 aromatic heterocycles. The summed E-state index contributed by atoms with van der Waals surface area (Å²) >= 11 is 1.41. The lowest BCUT2D eigenvalue weighted by Crippen LogP contribution is -2.52. The molecule has 2 heterocycles. The first-order valence-corrected chi connectivity index (χ1v) is 6.50. The molecule has 1 aliphatic heterocycles. The number of nitrogens with zero attached hydrogens (tertiary/aromatic N) is 3. The van der Waals surface area contributed by atoms with Gasteiger partial charge >= 0.3 is 6.03 Å². The first-order valence-electron chi connectivity index (χ1n) is 5.62. The molecule has 0 bridgehead atoms. The predicted molar refractivity (Wildman–Crippen MR) is 65.9 cm³/mol. The third kappa shape index (κ3) is 3.15. The fourth-order valence-electron chi connectivity index (χ4n) is 1.71. The Morgan fingerprint density at radius 2 is 2.41 bits per heavy atom. The highest BCUT2D eigenvalue weighted by molar-refractivity contribution is 7.13. The van der Waals surface area contributed by atoms with Gasteiger partial charge in [-0.15, -0.1) is 11.3 Å². The van der Waals surface area contributed by atoms with Crippen molar-refractivity contribution in [3.05, 3.63) is 11.6 Å². The molecule has 0 spiro atoms. The van der Waals surface area contributed by atoms with E-state index >= 15 is 0 Å². The van der Waals surface area contributed by atoms with Gasteiger partial charge in [0, 0.05) is 31.2 Å². The minimum atomic E-state index is -0.135. The maximum Gasteiger partial charge on any atom is 0.338 e. The second kappa shape index (κ2) is 5.95. The minimum absolute atomic E-state index is 0.135. The van der Waals surface area contributed by atoms with Gasteiger partial charge in [0.2, 0.25) is 0 Å². The molecule has 2 rings (SSSR count). The van der Waals surface area contributed by atoms with Gasteiger partial charge in [-0.2, -0.15) is 0 Å². The van der Waals surface area contributed by atoms with E-state index in [0.717, 1.165) is 13.1 Å². The molecular weight excluding hydrogens is 240 g/mol. The molecule has 0 saturated carbocycles. The van der Waals surface area contributed by atoms with Crippen molar-refractivity contribution in [2.75, 3.05) is 38.2 Å². The molecule has 0 atom stereocenters. The highest BCUT2D eigenvalue weighted by Gasteiger charge is 2.22. The zero-order valence-corrected chi connectivity index (χ0v) is 10.6. The molecular formula is C10H16N4O2S. The van der Waals surface area contributed by atoms with Gasteiger partial charge in [-0.25, -0.2) is 14.8 Å². The number of urea groups is 1. The van der Waals surface area contributed by atoms with Gasteiger partial charge in [-0.05, 0) is 6.92 Å². The molecule has 2 amide bonds. The number of amides is 2. The van der Waals surface area contributed by atoms with Gasteiger partial charge in [0.1, 0.15) is 0 Å². The first-order chi connectivity index (χ1) is 8.31. The molecule has 0 radical (unpaired) electrons. The SMILES string of the molecule is CCN(C(=O)Nc1nccs1)N1CCOCC1. The van der Waals surface area contributed by atoms with Crippen molar-refractivity contribution in [3.63, 3.8) is 0 Å². The lowest BCUT2D eigenvalue weighted by Gasteiger charge is -2.36. The molecule has 1 N–H and O–H groups in total. The lowest BCUT2D eigenvalue weighted by molar-refractivity contribution is -0.0576. The molecule has 7 heteroatoms. The molecule has 0 aliphatic carbocycles. The zero-order valence-electron chi connectivity index (χ0n) is 9.76. The summed E-state index contributed by atoms with van der Waals surface area (Å²) in [4.78, 5) is 16.1. The van der Waals surface area contributed by atoms with Gasteiger partial charge in [-0.3, -0.25) is 10.3 Å². The van der Waals surface area contributed by atoms with Crippen molar-refractivity contribution in [1.29, 1.82) is 0 Å². The Morgan fingerprint density at radius 3 is 3.00 bits per heavy atom. The van der Waals surface area contributed by atoms with Gasteiger partial charge in [0.25, 0.3) is 0 Å². The van der Waals surface area contributed by atoms with E-state index < -0.39 is 0 Å². The van der Waals surface area contributed by atoms with Crippen LogP contribution >= 0.6 is 11.3 Å². The number of ether oxygens (including phenoxy) is 1. The van der Waals surface area contributed by atoms with Crippen molar-refractivity contribution in [2.45, 2.75) is 6.92 Å². The average molecular weight is 256 g/mol. The number of rotatable bonds is 3. The molecule has 1 saturated heterocycles. The minimum Gasteiger partial charge on any atom is -0.379 e. The Kier molecular flexibility index (Phi) is 4.29. The smallest absolute Gasteiger partial charge is 0.338 e. The molecule has 0 unspecified atom stereocenters. The van der Waals surface area contributed by atoms with Crippen LogP contribution in [0.1, 0.15) is 6.92 Å². The van der Waals surface area contributed by atoms with E-state index in [2.05, 4.69) is 10.3 Å². The number of carbonyl (C=O) groups excluding carboxylic acids is 1. The van der Waals surface area contributed by atoms with Crippen molar-refractivity contribution in [1.82, 2.24) is 15.0 Å². The number of nitrogens with one attached hydrogen (secondary N) is 1. The number of hydrogen-bond donors (Lipinski definition) is 1. The number of morpholine rings is 1. The van der Waals surface area contributed by atoms with Crippen molar-refractivity contribution in [2.24, 2.45) is 0 Å². The molecule has 1 aromatic rings. The van der Waals surface area contributed by atoms with Crippen LogP contribution in [0.15, 0.2) is 11.6 Å². The monoisotopic (exact) mass is 256 g/mol. The number of thiazole rings is 1. The van der Waals surface area contributed by atoms with E-state index in [9.17, 15) is 4.79 Å². The van der Waals surface area contributed by atoms with Crippen LogP contribution in [0.3, 0.4) is 0 Å². The summed E-state index contributed by atoms with van der Waals surface area (Å²) in [7, 11) is 0. The maximum atomic E-state index is 12.0. The van der Waals surface area contributed by atoms with E-state index in [-0.39, 0.29) is 6.03 Å². The van der Waals surface area contributed by atoms with Crippen LogP contribution in [-0.2, 0) is 4.74 Å². The van der Waals surface area contributed by atoms with Gasteiger partial charge in [-0.1, -0.05) is 0 Å². The van der Waals surface area contributed by atoms with E-state index in [1.54, 1.807) is 11.2 Å². The molecule has 1 aliphatic rings. The third-order valence-corrected chi connectivity index (χ3v) is 3.20. The van der Waals surface area contributed by atoms with Gasteiger partial charge < -0.3 is 4.74 Å². The van der Waals surface area contributed by atoms with Crippen LogP contribution < -0.4 is 5.32 Å². The largest absolute Gasteiger partial charge is 0.379 e. The normalized spacial score (nSPS) is 16.8. The number of aromatic nitrogens is 1. The van der Waals surface area contributed by atoms with E-state index in [1.807, 2.05) is 17.3 Å². The Bertz CT molecular complexity index is 351. The quantitative estimate of drug-likeness (QED) is 0.884. The van der Waals surface area contributed by atoms with Crippen LogP contribution in [0.25, 0.3) is 0 Å². The average Bonchev–Trinajstić information content (AvgIpc) is 2.84. The fourth-order valence-corrected chi connectivity index (χ4v) is 2.23. The van der Waals surface area contributed by atoms with Crippen LogP contribution in [0.2, 0.25) is 0 Å². The zero-order chi connectivity index (χ0) is 12.1. The lowest BCUT2D eigenvalue weighted by atomic mass is 10.5. The topological polar surface area (TPSA) is 57.7 Å². The van der Waals surface area contributed by atoms with E-state index in [4.69, 9.17) is 4.74 Å². The highest BCUT2D eigenvalue weighted by Crippen LogP contribution is 2.12. The second-order valence-electron chi connectivity index (χ2n) is 3.55. The summed E-state index contributed by atoms with van der Waals surface area (Å²) in [5.74, 6) is 0. The number of carbonyl (C=O) groups is 1. The van der Waals surface area contributed by atoms with Gasteiger partial charge in [0.05, 0.1) is 13.2 Å². The van der Waals surface area contributed by atoms with Gasteiger partial charge in [0.15, 0.2) is 5.13 Å². The second-order valence-corrected chi connectivity index (χ2v) is 4.44. The van der Waals surface area contributed by atoms with Crippen LogP contribution in [0.4, 0.5) is 9.93 Å². The molecule has 17 heavy (non-hydrogen) atoms.